The van der Waals surface area contributed by atoms with Gasteiger partial charge in [-0.15, -0.1) is 0 Å². The van der Waals surface area contributed by atoms with Gasteiger partial charge in [0.2, 0.25) is 0 Å². The molecule has 0 fully saturated rings. The number of halogens is 1. The highest BCUT2D eigenvalue weighted by atomic mass is 79.9. The van der Waals surface area contributed by atoms with Crippen LogP contribution in [-0.4, -0.2) is 27.0 Å². The third-order valence-electron chi connectivity index (χ3n) is 1.95. The van der Waals surface area contributed by atoms with Gasteiger partial charge in [0, 0.05) is 19.3 Å². The first-order valence-corrected chi connectivity index (χ1v) is 6.44. The van der Waals surface area contributed by atoms with Crippen molar-refractivity contribution in [3.8, 4) is 0 Å². The van der Waals surface area contributed by atoms with E-state index in [1.807, 2.05) is 0 Å². The van der Waals surface area contributed by atoms with Crippen molar-refractivity contribution in [3.05, 3.63) is 28.2 Å². The molecule has 0 aliphatic rings. The molecule has 8 heteroatoms. The number of aromatic nitrogens is 3. The largest absolute Gasteiger partial charge is 0.335 e. The number of imidazole rings is 1. The number of hydrogen-bond donors (Lipinski definition) is 2. The molecule has 0 spiro atoms. The van der Waals surface area contributed by atoms with Gasteiger partial charge in [0.05, 0.1) is 16.3 Å². The number of rotatable bonds is 4. The first-order valence-electron chi connectivity index (χ1n) is 4.83. The van der Waals surface area contributed by atoms with Gasteiger partial charge in [-0.2, -0.15) is 0 Å². The second-order valence-electron chi connectivity index (χ2n) is 3.21. The zero-order valence-electron chi connectivity index (χ0n) is 8.76. The van der Waals surface area contributed by atoms with E-state index in [9.17, 15) is 4.79 Å². The van der Waals surface area contributed by atoms with Crippen LogP contribution in [0.3, 0.4) is 0 Å². The van der Waals surface area contributed by atoms with Crippen molar-refractivity contribution in [1.29, 1.82) is 0 Å². The number of hydrogen-bond acceptors (Lipinski definition) is 5. The van der Waals surface area contributed by atoms with Gasteiger partial charge >= 0.3 is 0 Å². The number of thiazole rings is 1. The number of amides is 1. The number of anilines is 1. The first kappa shape index (κ1) is 12.2. The van der Waals surface area contributed by atoms with Crippen molar-refractivity contribution in [2.75, 3.05) is 11.9 Å². The lowest BCUT2D eigenvalue weighted by molar-refractivity contribution is 0.102. The Morgan fingerprint density at radius 3 is 3.06 bits per heavy atom. The van der Waals surface area contributed by atoms with Crippen LogP contribution >= 0.6 is 27.3 Å². The fraction of sp³-hybridized carbons (Fsp3) is 0.222. The summed E-state index contributed by atoms with van der Waals surface area (Å²) in [5, 5.41) is 3.20. The molecule has 0 unspecified atom stereocenters. The van der Waals surface area contributed by atoms with Crippen LogP contribution in [0.4, 0.5) is 5.13 Å². The molecule has 2 rings (SSSR count). The van der Waals surface area contributed by atoms with E-state index in [-0.39, 0.29) is 5.91 Å². The Labute approximate surface area is 110 Å². The summed E-state index contributed by atoms with van der Waals surface area (Å²) in [7, 11) is 0. The Kier molecular flexibility index (Phi) is 3.87. The van der Waals surface area contributed by atoms with Crippen molar-refractivity contribution in [1.82, 2.24) is 14.5 Å². The van der Waals surface area contributed by atoms with Crippen molar-refractivity contribution in [2.24, 2.45) is 5.73 Å². The van der Waals surface area contributed by atoms with Gasteiger partial charge in [-0.25, -0.2) is 9.97 Å². The molecule has 0 aliphatic heterocycles. The van der Waals surface area contributed by atoms with Gasteiger partial charge in [0.15, 0.2) is 5.13 Å². The lowest BCUT2D eigenvalue weighted by Gasteiger charge is -1.97. The molecule has 0 aliphatic carbocycles. The van der Waals surface area contributed by atoms with Gasteiger partial charge in [-0.05, 0) is 15.9 Å². The minimum atomic E-state index is -0.275. The molecular formula is C9H10BrN5OS. The molecular weight excluding hydrogens is 306 g/mol. The van der Waals surface area contributed by atoms with Crippen LogP contribution in [0.1, 0.15) is 10.5 Å². The third kappa shape index (κ3) is 3.11. The maximum absolute atomic E-state index is 11.8. The number of nitrogens with two attached hydrogens (primary N) is 1. The molecule has 0 saturated carbocycles. The van der Waals surface area contributed by atoms with E-state index in [0.717, 1.165) is 3.79 Å². The minimum Gasteiger partial charge on any atom is -0.335 e. The lowest BCUT2D eigenvalue weighted by Crippen LogP contribution is -2.12. The second kappa shape index (κ2) is 5.39. The standard InChI is InChI=1S/C9H10BrN5OS/c10-7-3-12-9(17-7)14-8(16)6-4-15(2-1-11)5-13-6/h3-5H,1-2,11H2,(H,12,14,16). The van der Waals surface area contributed by atoms with Gasteiger partial charge in [-0.1, -0.05) is 11.3 Å². The zero-order chi connectivity index (χ0) is 12.3. The minimum absolute atomic E-state index is 0.275. The van der Waals surface area contributed by atoms with Crippen molar-refractivity contribution in [3.63, 3.8) is 0 Å². The number of nitrogens with one attached hydrogen (secondary N) is 1. The van der Waals surface area contributed by atoms with E-state index in [1.165, 1.54) is 11.3 Å². The molecule has 1 amide bonds. The van der Waals surface area contributed by atoms with E-state index in [2.05, 4.69) is 31.2 Å². The summed E-state index contributed by atoms with van der Waals surface area (Å²) in [6.07, 6.45) is 4.87. The predicted octanol–water partition coefficient (Wildman–Crippen LogP) is 1.31. The van der Waals surface area contributed by atoms with Crippen LogP contribution in [0.2, 0.25) is 0 Å². The van der Waals surface area contributed by atoms with Crippen LogP contribution in [0.25, 0.3) is 0 Å². The lowest BCUT2D eigenvalue weighted by atomic mass is 10.4. The highest BCUT2D eigenvalue weighted by Crippen LogP contribution is 2.23. The van der Waals surface area contributed by atoms with Gasteiger partial charge in [-0.3, -0.25) is 10.1 Å². The molecule has 2 aromatic heterocycles. The fourth-order valence-corrected chi connectivity index (χ4v) is 2.32. The average Bonchev–Trinajstić information content (AvgIpc) is 2.88. The molecule has 0 saturated heterocycles. The Hall–Kier alpha value is -1.25. The number of nitrogens with zero attached hydrogens (tertiary/aromatic N) is 3. The first-order chi connectivity index (χ1) is 8.19. The average molecular weight is 316 g/mol. The van der Waals surface area contributed by atoms with Crippen LogP contribution in [0.15, 0.2) is 22.5 Å². The summed E-state index contributed by atoms with van der Waals surface area (Å²) in [5.74, 6) is -0.275. The smallest absolute Gasteiger partial charge is 0.277 e. The summed E-state index contributed by atoms with van der Waals surface area (Å²) < 4.78 is 2.63. The van der Waals surface area contributed by atoms with Crippen molar-refractivity contribution >= 4 is 38.3 Å². The molecule has 17 heavy (non-hydrogen) atoms. The van der Waals surface area contributed by atoms with Gasteiger partial charge < -0.3 is 10.3 Å². The van der Waals surface area contributed by atoms with Gasteiger partial charge in [0.1, 0.15) is 5.69 Å². The maximum atomic E-state index is 11.8. The van der Waals surface area contributed by atoms with E-state index in [4.69, 9.17) is 5.73 Å². The highest BCUT2D eigenvalue weighted by Gasteiger charge is 2.11. The van der Waals surface area contributed by atoms with E-state index < -0.39 is 0 Å². The summed E-state index contributed by atoms with van der Waals surface area (Å²) in [4.78, 5) is 19.8. The second-order valence-corrected chi connectivity index (χ2v) is 5.62. The van der Waals surface area contributed by atoms with Crippen LogP contribution in [0.5, 0.6) is 0 Å². The molecule has 0 bridgehead atoms. The molecule has 6 nitrogen and oxygen atoms in total. The molecule has 3 N–H and O–H groups in total. The Balaban J connectivity index is 2.03. The molecule has 90 valence electrons. The zero-order valence-corrected chi connectivity index (χ0v) is 11.2. The molecule has 0 aromatic carbocycles. The monoisotopic (exact) mass is 315 g/mol. The Morgan fingerprint density at radius 1 is 1.59 bits per heavy atom. The van der Waals surface area contributed by atoms with E-state index in [1.54, 1.807) is 23.3 Å². The SMILES string of the molecule is NCCn1cnc(C(=O)Nc2ncc(Br)s2)c1. The fourth-order valence-electron chi connectivity index (χ4n) is 1.22. The molecule has 2 heterocycles. The summed E-state index contributed by atoms with van der Waals surface area (Å²) in [6.45, 7) is 1.15. The topological polar surface area (TPSA) is 85.8 Å². The van der Waals surface area contributed by atoms with E-state index in [0.29, 0.717) is 23.9 Å². The van der Waals surface area contributed by atoms with Gasteiger partial charge in [0.25, 0.3) is 5.91 Å². The Morgan fingerprint density at radius 2 is 2.41 bits per heavy atom. The predicted molar refractivity (Wildman–Crippen MR) is 69.0 cm³/mol. The van der Waals surface area contributed by atoms with Crippen LogP contribution < -0.4 is 11.1 Å². The number of carbonyl (C=O) groups is 1. The normalized spacial score (nSPS) is 10.5. The Bertz CT molecular complexity index is 523. The summed E-state index contributed by atoms with van der Waals surface area (Å²) in [5.41, 5.74) is 5.76. The maximum Gasteiger partial charge on any atom is 0.277 e. The molecule has 2 aromatic rings. The molecule has 0 radical (unpaired) electrons. The quantitative estimate of drug-likeness (QED) is 0.890. The van der Waals surface area contributed by atoms with Crippen LogP contribution in [0, 0.1) is 0 Å². The van der Waals surface area contributed by atoms with Crippen molar-refractivity contribution < 1.29 is 4.79 Å². The van der Waals surface area contributed by atoms with Crippen molar-refractivity contribution in [2.45, 2.75) is 6.54 Å². The third-order valence-corrected chi connectivity index (χ3v) is 3.34. The molecule has 0 atom stereocenters. The highest BCUT2D eigenvalue weighted by molar-refractivity contribution is 9.11. The summed E-state index contributed by atoms with van der Waals surface area (Å²) >= 11 is 4.62. The van der Waals surface area contributed by atoms with E-state index >= 15 is 0 Å². The van der Waals surface area contributed by atoms with Crippen LogP contribution in [-0.2, 0) is 6.54 Å². The summed E-state index contributed by atoms with van der Waals surface area (Å²) in [6, 6.07) is 0. The number of carbonyl (C=O) groups excluding carboxylic acids is 1.